The molecule has 2 heterocycles. The highest BCUT2D eigenvalue weighted by Gasteiger charge is 2.53. The Kier molecular flexibility index (Phi) is 9.28. The number of methoxy groups -OCH3 is 2. The molecular weight excluding hydrogens is 538 g/mol. The third-order valence-electron chi connectivity index (χ3n) is 9.37. The fraction of sp³-hybridized carbons (Fsp3) is 0.432. The van der Waals surface area contributed by atoms with Crippen molar-refractivity contribution in [3.05, 3.63) is 107 Å². The predicted octanol–water partition coefficient (Wildman–Crippen LogP) is 7.24. The summed E-state index contributed by atoms with van der Waals surface area (Å²) in [4.78, 5) is 13.3. The number of fused-ring (bicyclic) bond motifs is 3. The van der Waals surface area contributed by atoms with Gasteiger partial charge < -0.3 is 24.3 Å². The summed E-state index contributed by atoms with van der Waals surface area (Å²) in [6, 6.07) is 17.8. The molecule has 0 saturated carbocycles. The molecule has 2 aromatic rings. The monoisotopic (exact) mass is 583 g/mol. The van der Waals surface area contributed by atoms with Crippen LogP contribution in [0.25, 0.3) is 6.08 Å². The third-order valence-corrected chi connectivity index (χ3v) is 9.37. The lowest BCUT2D eigenvalue weighted by molar-refractivity contribution is -0.227. The molecule has 0 radical (unpaired) electrons. The minimum Gasteiger partial charge on any atom is -0.497 e. The molecule has 0 saturated heterocycles. The van der Waals surface area contributed by atoms with Gasteiger partial charge in [0, 0.05) is 19.7 Å². The molecular formula is C37H45NO5. The molecule has 0 spiro atoms. The minimum atomic E-state index is -1.14. The van der Waals surface area contributed by atoms with E-state index < -0.39 is 17.5 Å². The third kappa shape index (κ3) is 6.66. The summed E-state index contributed by atoms with van der Waals surface area (Å²) in [6.07, 6.45) is 13.1. The first-order valence-corrected chi connectivity index (χ1v) is 15.3. The Morgan fingerprint density at radius 3 is 2.51 bits per heavy atom. The number of benzene rings is 2. The second kappa shape index (κ2) is 12.9. The molecule has 5 rings (SSSR count). The van der Waals surface area contributed by atoms with Gasteiger partial charge in [0.2, 0.25) is 5.79 Å². The highest BCUT2D eigenvalue weighted by molar-refractivity contribution is 5.87. The van der Waals surface area contributed by atoms with E-state index in [9.17, 15) is 4.79 Å². The van der Waals surface area contributed by atoms with Crippen molar-refractivity contribution >= 4 is 12.0 Å². The van der Waals surface area contributed by atoms with Crippen LogP contribution in [0.5, 0.6) is 5.75 Å². The van der Waals surface area contributed by atoms with Gasteiger partial charge in [-0.2, -0.15) is 0 Å². The van der Waals surface area contributed by atoms with Crippen molar-refractivity contribution in [2.75, 3.05) is 14.2 Å². The van der Waals surface area contributed by atoms with Crippen LogP contribution in [0.3, 0.4) is 0 Å². The van der Waals surface area contributed by atoms with Crippen LogP contribution in [-0.4, -0.2) is 37.7 Å². The Balaban J connectivity index is 1.50. The molecule has 0 fully saturated rings. The van der Waals surface area contributed by atoms with Gasteiger partial charge in [-0.25, -0.2) is 4.79 Å². The molecule has 1 N–H and O–H groups in total. The zero-order valence-electron chi connectivity index (χ0n) is 26.2. The molecule has 1 aliphatic carbocycles. The molecule has 6 atom stereocenters. The molecule has 6 heteroatoms. The number of carbonyl (C=O) groups is 1. The van der Waals surface area contributed by atoms with Crippen molar-refractivity contribution in [1.29, 1.82) is 0 Å². The maximum absolute atomic E-state index is 13.3. The zero-order valence-corrected chi connectivity index (χ0v) is 26.2. The number of carbonyl (C=O) groups excluding carboxylic acids is 1. The van der Waals surface area contributed by atoms with E-state index in [-0.39, 0.29) is 17.8 Å². The van der Waals surface area contributed by atoms with Crippen molar-refractivity contribution in [1.82, 2.24) is 5.32 Å². The van der Waals surface area contributed by atoms with Gasteiger partial charge in [0.05, 0.1) is 12.8 Å². The average molecular weight is 584 g/mol. The van der Waals surface area contributed by atoms with E-state index in [1.54, 1.807) is 20.3 Å². The summed E-state index contributed by atoms with van der Waals surface area (Å²) < 4.78 is 24.7. The highest BCUT2D eigenvalue weighted by atomic mass is 16.7. The summed E-state index contributed by atoms with van der Waals surface area (Å²) in [5.41, 5.74) is 3.36. The molecule has 6 nitrogen and oxygen atoms in total. The molecule has 3 aliphatic rings. The fourth-order valence-electron chi connectivity index (χ4n) is 6.71. The van der Waals surface area contributed by atoms with Gasteiger partial charge in [-0.1, -0.05) is 74.0 Å². The highest BCUT2D eigenvalue weighted by Crippen LogP contribution is 2.49. The summed E-state index contributed by atoms with van der Waals surface area (Å²) in [7, 11) is 3.34. The van der Waals surface area contributed by atoms with E-state index in [1.165, 1.54) is 11.6 Å². The van der Waals surface area contributed by atoms with Crippen molar-refractivity contribution in [3.63, 3.8) is 0 Å². The molecule has 43 heavy (non-hydrogen) atoms. The molecule has 2 bridgehead atoms. The molecule has 2 aliphatic heterocycles. The topological polar surface area (TPSA) is 66.0 Å². The Morgan fingerprint density at radius 2 is 1.84 bits per heavy atom. The Labute approximate surface area is 256 Å². The van der Waals surface area contributed by atoms with Gasteiger partial charge in [-0.3, -0.25) is 0 Å². The van der Waals surface area contributed by atoms with Crippen LogP contribution in [0.4, 0.5) is 0 Å². The summed E-state index contributed by atoms with van der Waals surface area (Å²) in [5.74, 6) is 0.562. The van der Waals surface area contributed by atoms with Crippen LogP contribution in [0, 0.1) is 23.7 Å². The lowest BCUT2D eigenvalue weighted by atomic mass is 9.65. The molecule has 2 aromatic carbocycles. The Hall–Kier alpha value is -3.61. The van der Waals surface area contributed by atoms with Crippen LogP contribution in [0.15, 0.2) is 96.2 Å². The summed E-state index contributed by atoms with van der Waals surface area (Å²) in [5, 5.41) is 3.69. The van der Waals surface area contributed by atoms with Crippen molar-refractivity contribution in [2.45, 2.75) is 64.6 Å². The van der Waals surface area contributed by atoms with E-state index in [2.05, 4.69) is 50.4 Å². The van der Waals surface area contributed by atoms with Crippen LogP contribution in [0.2, 0.25) is 0 Å². The fourth-order valence-corrected chi connectivity index (χ4v) is 6.71. The summed E-state index contributed by atoms with van der Waals surface area (Å²) >= 11 is 0. The van der Waals surface area contributed by atoms with Gasteiger partial charge in [0.1, 0.15) is 17.5 Å². The van der Waals surface area contributed by atoms with Crippen LogP contribution < -0.4 is 10.1 Å². The number of hydrogen-bond acceptors (Lipinski definition) is 6. The SMILES string of the molecule is COc1ccc(CN/C2=C/[C@@H]3[C@@H](C(C)C)CC=C(C)[C@@H]3C[C@H](OC(=O)/C=C/c3ccccc3)[C@]3(C)C=C[C@@]2(OC)O3)cc1. The number of hydrogen-bond donors (Lipinski definition) is 1. The molecule has 228 valence electrons. The molecule has 0 amide bonds. The number of nitrogens with one attached hydrogen (secondary N) is 1. The second-order valence-electron chi connectivity index (χ2n) is 12.5. The first-order chi connectivity index (χ1) is 20.7. The average Bonchev–Trinajstić information content (AvgIpc) is 3.39. The Bertz CT molecular complexity index is 1390. The maximum atomic E-state index is 13.3. The minimum absolute atomic E-state index is 0.178. The first-order valence-electron chi connectivity index (χ1n) is 15.3. The number of rotatable bonds is 9. The van der Waals surface area contributed by atoms with Crippen molar-refractivity contribution < 1.29 is 23.7 Å². The van der Waals surface area contributed by atoms with E-state index in [0.29, 0.717) is 24.8 Å². The van der Waals surface area contributed by atoms with Gasteiger partial charge >= 0.3 is 5.97 Å². The van der Waals surface area contributed by atoms with Gasteiger partial charge in [-0.05, 0) is 91.8 Å². The van der Waals surface area contributed by atoms with E-state index >= 15 is 0 Å². The molecule has 0 unspecified atom stereocenters. The quantitative estimate of drug-likeness (QED) is 0.191. The van der Waals surface area contributed by atoms with Crippen LogP contribution >= 0.6 is 0 Å². The van der Waals surface area contributed by atoms with Crippen LogP contribution in [-0.2, 0) is 25.5 Å². The zero-order chi connectivity index (χ0) is 30.6. The van der Waals surface area contributed by atoms with Crippen molar-refractivity contribution in [3.8, 4) is 5.75 Å². The Morgan fingerprint density at radius 1 is 1.09 bits per heavy atom. The largest absolute Gasteiger partial charge is 0.497 e. The first kappa shape index (κ1) is 30.8. The summed E-state index contributed by atoms with van der Waals surface area (Å²) in [6.45, 7) is 9.39. The lowest BCUT2D eigenvalue weighted by Crippen LogP contribution is -2.48. The normalized spacial score (nSPS) is 31.3. The van der Waals surface area contributed by atoms with Gasteiger partial charge in [0.25, 0.3) is 0 Å². The molecule has 0 aromatic heterocycles. The number of ether oxygens (including phenoxy) is 4. The van der Waals surface area contributed by atoms with E-state index in [0.717, 1.165) is 29.0 Å². The van der Waals surface area contributed by atoms with Crippen molar-refractivity contribution in [2.24, 2.45) is 23.7 Å². The second-order valence-corrected chi connectivity index (χ2v) is 12.5. The number of esters is 1. The van der Waals surface area contributed by atoms with E-state index in [4.69, 9.17) is 18.9 Å². The standard InChI is InChI=1S/C37H45NO5/c1-25(2)30-18-12-26(3)31-23-34(42-35(39)19-15-27-10-8-7-9-11-27)36(4)20-21-37(41-6,43-36)33(22-32(30)31)38-24-28-13-16-29(40-5)17-14-28/h7-17,19-22,25,30-32,34,38H,18,23-24H2,1-6H3/b19-15+,33-22+/t30-,31+,32-,34+,36+,37-/m1/s1. The van der Waals surface area contributed by atoms with Crippen LogP contribution in [0.1, 0.15) is 51.7 Å². The number of allylic oxidation sites excluding steroid dienone is 3. The van der Waals surface area contributed by atoms with E-state index in [1.807, 2.05) is 61.5 Å². The smallest absolute Gasteiger partial charge is 0.331 e. The maximum Gasteiger partial charge on any atom is 0.331 e. The predicted molar refractivity (Wildman–Crippen MR) is 170 cm³/mol. The lowest BCUT2D eigenvalue weighted by Gasteiger charge is -2.41. The van der Waals surface area contributed by atoms with Gasteiger partial charge in [-0.15, -0.1) is 0 Å². The van der Waals surface area contributed by atoms with Gasteiger partial charge in [0.15, 0.2) is 0 Å².